The Kier molecular flexibility index (Phi) is 6.84. The number of benzene rings is 2. The molecule has 2 heterocycles. The minimum absolute atomic E-state index is 0.112. The molecule has 4 rings (SSSR count). The number of hydrogen-bond acceptors (Lipinski definition) is 4. The number of amides is 2. The Hall–Kier alpha value is -3.06. The van der Waals surface area contributed by atoms with Gasteiger partial charge in [-0.3, -0.25) is 9.80 Å². The summed E-state index contributed by atoms with van der Waals surface area (Å²) in [5.41, 5.74) is 4.56. The van der Waals surface area contributed by atoms with Crippen LogP contribution in [0.15, 0.2) is 36.4 Å². The fourth-order valence-electron chi connectivity index (χ4n) is 5.10. The van der Waals surface area contributed by atoms with Gasteiger partial charge >= 0.3 is 12.0 Å². The van der Waals surface area contributed by atoms with E-state index in [1.807, 2.05) is 6.92 Å². The highest BCUT2D eigenvalue weighted by Gasteiger charge is 2.44. The van der Waals surface area contributed by atoms with Crippen molar-refractivity contribution in [3.63, 3.8) is 0 Å². The highest BCUT2D eigenvalue weighted by atomic mass is 16.5. The molecule has 0 radical (unpaired) electrons. The summed E-state index contributed by atoms with van der Waals surface area (Å²) in [6.07, 6.45) is 1.76. The average Bonchev–Trinajstić information content (AvgIpc) is 3.13. The molecule has 34 heavy (non-hydrogen) atoms. The van der Waals surface area contributed by atoms with Gasteiger partial charge in [-0.15, -0.1) is 0 Å². The number of urea groups is 1. The van der Waals surface area contributed by atoms with E-state index in [1.54, 1.807) is 29.2 Å². The standard InChI is InChI=1S/C27H35N3O4/c1-5-34-24-15-21(23(18(2)3)14-19(24)4)16-29-12-10-27(11-13-29)17-30(26(33)28-27)22-8-6-20(7-9-22)25(31)32/h6-9,14-15,18H,5,10-13,16-17H2,1-4H3,(H,28,33)(H,31,32). The van der Waals surface area contributed by atoms with Crippen LogP contribution in [-0.2, 0) is 6.54 Å². The largest absolute Gasteiger partial charge is 0.494 e. The summed E-state index contributed by atoms with van der Waals surface area (Å²) in [5, 5.41) is 12.3. The summed E-state index contributed by atoms with van der Waals surface area (Å²) in [6, 6.07) is 10.9. The molecular formula is C27H35N3O4. The lowest BCUT2D eigenvalue weighted by molar-refractivity contribution is 0.0697. The third-order valence-corrected chi connectivity index (χ3v) is 7.07. The first-order valence-electron chi connectivity index (χ1n) is 12.1. The first-order valence-corrected chi connectivity index (χ1v) is 12.1. The van der Waals surface area contributed by atoms with Gasteiger partial charge in [-0.2, -0.15) is 0 Å². The van der Waals surface area contributed by atoms with Crippen molar-refractivity contribution in [1.29, 1.82) is 0 Å². The molecule has 182 valence electrons. The van der Waals surface area contributed by atoms with Crippen molar-refractivity contribution < 1.29 is 19.4 Å². The second-order valence-corrected chi connectivity index (χ2v) is 9.83. The van der Waals surface area contributed by atoms with Crippen molar-refractivity contribution in [3.05, 3.63) is 58.7 Å². The van der Waals surface area contributed by atoms with E-state index in [-0.39, 0.29) is 17.1 Å². The smallest absolute Gasteiger partial charge is 0.335 e. The van der Waals surface area contributed by atoms with Gasteiger partial charge in [0.1, 0.15) is 5.75 Å². The number of carboxylic acids is 1. The highest BCUT2D eigenvalue weighted by Crippen LogP contribution is 2.34. The van der Waals surface area contributed by atoms with Crippen LogP contribution in [0.2, 0.25) is 0 Å². The van der Waals surface area contributed by atoms with Crippen LogP contribution in [0.25, 0.3) is 0 Å². The Balaban J connectivity index is 1.43. The van der Waals surface area contributed by atoms with Gasteiger partial charge in [0.2, 0.25) is 0 Å². The number of piperidine rings is 1. The number of likely N-dealkylation sites (tertiary alicyclic amines) is 1. The average molecular weight is 466 g/mol. The van der Waals surface area contributed by atoms with Gasteiger partial charge < -0.3 is 15.2 Å². The zero-order chi connectivity index (χ0) is 24.5. The molecule has 7 heteroatoms. The normalized spacial score (nSPS) is 17.9. The number of rotatable bonds is 7. The summed E-state index contributed by atoms with van der Waals surface area (Å²) in [7, 11) is 0. The van der Waals surface area contributed by atoms with Crippen molar-refractivity contribution in [2.75, 3.05) is 31.1 Å². The number of anilines is 1. The monoisotopic (exact) mass is 465 g/mol. The van der Waals surface area contributed by atoms with Crippen molar-refractivity contribution in [2.24, 2.45) is 0 Å². The maximum atomic E-state index is 12.8. The van der Waals surface area contributed by atoms with Gasteiger partial charge in [-0.1, -0.05) is 19.9 Å². The first-order chi connectivity index (χ1) is 16.2. The molecule has 2 amide bonds. The molecule has 0 atom stereocenters. The molecule has 2 aliphatic rings. The molecular weight excluding hydrogens is 430 g/mol. The summed E-state index contributed by atoms with van der Waals surface area (Å²) < 4.78 is 5.86. The molecule has 2 aromatic carbocycles. The summed E-state index contributed by atoms with van der Waals surface area (Å²) in [4.78, 5) is 28.1. The van der Waals surface area contributed by atoms with E-state index in [4.69, 9.17) is 9.84 Å². The number of aryl methyl sites for hydroxylation is 1. The molecule has 0 aliphatic carbocycles. The predicted octanol–water partition coefficient (Wildman–Crippen LogP) is 4.78. The van der Waals surface area contributed by atoms with Gasteiger partial charge in [0.25, 0.3) is 0 Å². The van der Waals surface area contributed by atoms with Crippen molar-refractivity contribution in [3.8, 4) is 5.75 Å². The van der Waals surface area contributed by atoms with Crippen molar-refractivity contribution in [2.45, 2.75) is 58.5 Å². The molecule has 2 saturated heterocycles. The molecule has 1 spiro atoms. The van der Waals surface area contributed by atoms with Crippen molar-refractivity contribution in [1.82, 2.24) is 10.2 Å². The van der Waals surface area contributed by atoms with Crippen LogP contribution in [-0.4, -0.2) is 53.8 Å². The van der Waals surface area contributed by atoms with Crippen LogP contribution < -0.4 is 15.0 Å². The summed E-state index contributed by atoms with van der Waals surface area (Å²) >= 11 is 0. The van der Waals surface area contributed by atoms with Gasteiger partial charge in [-0.25, -0.2) is 9.59 Å². The van der Waals surface area contributed by atoms with E-state index in [9.17, 15) is 9.59 Å². The number of carbonyl (C=O) groups is 2. The van der Waals surface area contributed by atoms with E-state index in [2.05, 4.69) is 43.1 Å². The minimum atomic E-state index is -0.969. The third kappa shape index (κ3) is 4.89. The topological polar surface area (TPSA) is 82.1 Å². The second kappa shape index (κ2) is 9.66. The summed E-state index contributed by atoms with van der Waals surface area (Å²) in [6.45, 7) is 12.5. The minimum Gasteiger partial charge on any atom is -0.494 e. The molecule has 0 unspecified atom stereocenters. The van der Waals surface area contributed by atoms with E-state index in [1.165, 1.54) is 16.7 Å². The molecule has 0 aromatic heterocycles. The highest BCUT2D eigenvalue weighted by molar-refractivity contribution is 5.96. The van der Waals surface area contributed by atoms with Crippen LogP contribution in [0.4, 0.5) is 10.5 Å². The third-order valence-electron chi connectivity index (χ3n) is 7.07. The van der Waals surface area contributed by atoms with E-state index in [0.29, 0.717) is 19.1 Å². The summed E-state index contributed by atoms with van der Waals surface area (Å²) in [5.74, 6) is 0.433. The molecule has 2 aliphatic heterocycles. The number of nitrogens with one attached hydrogen (secondary N) is 1. The van der Waals surface area contributed by atoms with E-state index < -0.39 is 5.97 Å². The quantitative estimate of drug-likeness (QED) is 0.615. The molecule has 2 aromatic rings. The lowest BCUT2D eigenvalue weighted by Crippen LogP contribution is -2.52. The fourth-order valence-corrected chi connectivity index (χ4v) is 5.10. The van der Waals surface area contributed by atoms with Crippen LogP contribution in [0.5, 0.6) is 5.75 Å². The van der Waals surface area contributed by atoms with Crippen molar-refractivity contribution >= 4 is 17.7 Å². The number of carbonyl (C=O) groups excluding carboxylic acids is 1. The SMILES string of the molecule is CCOc1cc(CN2CCC3(CC2)CN(c2ccc(C(=O)O)cc2)C(=O)N3)c(C(C)C)cc1C. The lowest BCUT2D eigenvalue weighted by Gasteiger charge is -2.39. The lowest BCUT2D eigenvalue weighted by atomic mass is 9.87. The van der Waals surface area contributed by atoms with Crippen LogP contribution in [0.1, 0.15) is 66.6 Å². The van der Waals surface area contributed by atoms with E-state index in [0.717, 1.165) is 43.9 Å². The van der Waals surface area contributed by atoms with Gasteiger partial charge in [-0.05, 0) is 79.6 Å². The maximum absolute atomic E-state index is 12.8. The van der Waals surface area contributed by atoms with Crippen LogP contribution in [0.3, 0.4) is 0 Å². The van der Waals surface area contributed by atoms with Gasteiger partial charge in [0.05, 0.1) is 24.3 Å². The number of hydrogen-bond donors (Lipinski definition) is 2. The molecule has 2 fully saturated rings. The predicted molar refractivity (Wildman–Crippen MR) is 133 cm³/mol. The zero-order valence-electron chi connectivity index (χ0n) is 20.6. The Morgan fingerprint density at radius 2 is 1.85 bits per heavy atom. The fraction of sp³-hybridized carbons (Fsp3) is 0.481. The van der Waals surface area contributed by atoms with Gasteiger partial charge in [0, 0.05) is 25.3 Å². The zero-order valence-corrected chi connectivity index (χ0v) is 20.6. The van der Waals surface area contributed by atoms with Crippen LogP contribution in [0, 0.1) is 6.92 Å². The Bertz CT molecular complexity index is 1060. The first kappa shape index (κ1) is 24.1. The number of nitrogens with zero attached hydrogens (tertiary/aromatic N) is 2. The Morgan fingerprint density at radius 1 is 1.18 bits per heavy atom. The Morgan fingerprint density at radius 3 is 2.44 bits per heavy atom. The van der Waals surface area contributed by atoms with Crippen LogP contribution >= 0.6 is 0 Å². The number of ether oxygens (including phenoxy) is 1. The van der Waals surface area contributed by atoms with Gasteiger partial charge in [0.15, 0.2) is 0 Å². The second-order valence-electron chi connectivity index (χ2n) is 9.83. The molecule has 2 N–H and O–H groups in total. The molecule has 7 nitrogen and oxygen atoms in total. The molecule has 0 saturated carbocycles. The Labute approximate surface area is 201 Å². The van der Waals surface area contributed by atoms with E-state index >= 15 is 0 Å². The number of carboxylic acid groups (broad SMARTS) is 1. The number of aromatic carboxylic acids is 1. The molecule has 0 bridgehead atoms. The maximum Gasteiger partial charge on any atom is 0.335 e.